The van der Waals surface area contributed by atoms with Gasteiger partial charge in [0.15, 0.2) is 0 Å². The lowest BCUT2D eigenvalue weighted by atomic mass is 10.00. The third-order valence-corrected chi connectivity index (χ3v) is 2.53. The van der Waals surface area contributed by atoms with Crippen molar-refractivity contribution in [1.82, 2.24) is 0 Å². The van der Waals surface area contributed by atoms with Crippen LogP contribution in [-0.4, -0.2) is 30.0 Å². The van der Waals surface area contributed by atoms with Crippen molar-refractivity contribution >= 4 is 0 Å². The third kappa shape index (κ3) is 2.95. The van der Waals surface area contributed by atoms with Crippen molar-refractivity contribution in [3.63, 3.8) is 0 Å². The van der Waals surface area contributed by atoms with Crippen molar-refractivity contribution in [2.45, 2.75) is 25.6 Å². The minimum Gasteiger partial charge on any atom is -0.496 e. The normalized spacial score (nSPS) is 14.6. The number of aryl methyl sites for hydroxylation is 1. The van der Waals surface area contributed by atoms with Crippen molar-refractivity contribution in [2.75, 3.05) is 13.7 Å². The monoisotopic (exact) mass is 225 g/mol. The highest BCUT2D eigenvalue weighted by Crippen LogP contribution is 2.28. The topological polar surface area (TPSA) is 75.7 Å². The van der Waals surface area contributed by atoms with Crippen LogP contribution in [-0.2, 0) is 0 Å². The molecule has 1 aromatic carbocycles. The molecule has 0 radical (unpaired) electrons. The van der Waals surface area contributed by atoms with Crippen molar-refractivity contribution in [3.05, 3.63) is 29.3 Å². The van der Waals surface area contributed by atoms with Crippen LogP contribution in [0.15, 0.2) is 18.2 Å². The Hall–Kier alpha value is -1.10. The van der Waals surface area contributed by atoms with Crippen LogP contribution in [0.5, 0.6) is 5.75 Å². The van der Waals surface area contributed by atoms with E-state index in [0.717, 1.165) is 5.56 Å². The summed E-state index contributed by atoms with van der Waals surface area (Å²) in [6.45, 7) is 2.28. The first-order chi connectivity index (χ1) is 7.60. The molecule has 0 aliphatic rings. The Kier molecular flexibility index (Phi) is 4.73. The second kappa shape index (κ2) is 5.84. The van der Waals surface area contributed by atoms with E-state index in [1.165, 1.54) is 0 Å². The summed E-state index contributed by atoms with van der Waals surface area (Å²) >= 11 is 0. The molecule has 0 bridgehead atoms. The number of ether oxygens (including phenoxy) is 1. The van der Waals surface area contributed by atoms with Crippen LogP contribution < -0.4 is 10.5 Å². The van der Waals surface area contributed by atoms with Gasteiger partial charge in [0.2, 0.25) is 0 Å². The molecule has 90 valence electrons. The summed E-state index contributed by atoms with van der Waals surface area (Å²) in [4.78, 5) is 0. The number of hydrogen-bond acceptors (Lipinski definition) is 4. The van der Waals surface area contributed by atoms with Gasteiger partial charge in [0.25, 0.3) is 0 Å². The summed E-state index contributed by atoms with van der Waals surface area (Å²) in [6, 6.07) is 5.46. The van der Waals surface area contributed by atoms with Crippen molar-refractivity contribution in [3.8, 4) is 5.75 Å². The summed E-state index contributed by atoms with van der Waals surface area (Å²) in [5, 5.41) is 19.6. The highest BCUT2D eigenvalue weighted by Gasteiger charge is 2.20. The van der Waals surface area contributed by atoms with Crippen LogP contribution in [0.1, 0.15) is 23.7 Å². The number of nitrogens with two attached hydrogens (primary N) is 1. The Morgan fingerprint density at radius 3 is 2.62 bits per heavy atom. The average molecular weight is 225 g/mol. The maximum absolute atomic E-state index is 9.94. The Morgan fingerprint density at radius 2 is 2.06 bits per heavy atom. The van der Waals surface area contributed by atoms with E-state index in [9.17, 15) is 10.2 Å². The predicted octanol–water partition coefficient (Wildman–Crippen LogP) is 0.747. The Bertz CT molecular complexity index is 341. The van der Waals surface area contributed by atoms with Gasteiger partial charge in [0.1, 0.15) is 11.9 Å². The molecular formula is C12H19NO3. The van der Waals surface area contributed by atoms with Crippen LogP contribution in [0, 0.1) is 6.92 Å². The van der Waals surface area contributed by atoms with Gasteiger partial charge < -0.3 is 20.7 Å². The van der Waals surface area contributed by atoms with Crippen LogP contribution in [0.25, 0.3) is 0 Å². The Labute approximate surface area is 95.7 Å². The fraction of sp³-hybridized carbons (Fsp3) is 0.500. The summed E-state index contributed by atoms with van der Waals surface area (Å²) in [7, 11) is 1.54. The molecule has 4 nitrogen and oxygen atoms in total. The first kappa shape index (κ1) is 13.0. The molecule has 1 rings (SSSR count). The second-order valence-corrected chi connectivity index (χ2v) is 3.83. The molecular weight excluding hydrogens is 206 g/mol. The predicted molar refractivity (Wildman–Crippen MR) is 62.4 cm³/mol. The number of rotatable bonds is 5. The molecule has 4 N–H and O–H groups in total. The van der Waals surface area contributed by atoms with E-state index in [0.29, 0.717) is 24.3 Å². The largest absolute Gasteiger partial charge is 0.496 e. The molecule has 0 heterocycles. The van der Waals surface area contributed by atoms with E-state index in [2.05, 4.69) is 0 Å². The summed E-state index contributed by atoms with van der Waals surface area (Å²) in [5.41, 5.74) is 6.97. The number of aliphatic hydroxyl groups excluding tert-OH is 2. The first-order valence-corrected chi connectivity index (χ1v) is 5.31. The van der Waals surface area contributed by atoms with Gasteiger partial charge >= 0.3 is 0 Å². The molecule has 2 unspecified atom stereocenters. The highest BCUT2D eigenvalue weighted by molar-refractivity contribution is 5.39. The molecule has 0 aliphatic heterocycles. The van der Waals surface area contributed by atoms with E-state index < -0.39 is 12.2 Å². The lowest BCUT2D eigenvalue weighted by Gasteiger charge is -2.20. The molecule has 16 heavy (non-hydrogen) atoms. The molecule has 0 saturated heterocycles. The van der Waals surface area contributed by atoms with Gasteiger partial charge in [-0.05, 0) is 31.5 Å². The lowest BCUT2D eigenvalue weighted by Crippen LogP contribution is -2.22. The van der Waals surface area contributed by atoms with E-state index in [1.807, 2.05) is 19.1 Å². The zero-order valence-electron chi connectivity index (χ0n) is 9.68. The van der Waals surface area contributed by atoms with E-state index in [4.69, 9.17) is 10.5 Å². The SMILES string of the molecule is COc1cc(C)ccc1C(O)C(O)CCN. The number of benzene rings is 1. The number of aliphatic hydroxyl groups is 2. The number of methoxy groups -OCH3 is 1. The Balaban J connectivity index is 2.93. The van der Waals surface area contributed by atoms with Crippen LogP contribution in [0.4, 0.5) is 0 Å². The van der Waals surface area contributed by atoms with Crippen LogP contribution in [0.2, 0.25) is 0 Å². The minimum absolute atomic E-state index is 0.340. The lowest BCUT2D eigenvalue weighted by molar-refractivity contribution is 0.0137. The van der Waals surface area contributed by atoms with Gasteiger partial charge in [-0.2, -0.15) is 0 Å². The quantitative estimate of drug-likeness (QED) is 0.691. The molecule has 0 saturated carbocycles. The standard InChI is InChI=1S/C12H19NO3/c1-8-3-4-9(11(7-8)16-2)12(15)10(14)5-6-13/h3-4,7,10,12,14-15H,5-6,13H2,1-2H3. The second-order valence-electron chi connectivity index (χ2n) is 3.83. The molecule has 2 atom stereocenters. The molecule has 0 spiro atoms. The summed E-state index contributed by atoms with van der Waals surface area (Å²) in [5.74, 6) is 0.587. The maximum Gasteiger partial charge on any atom is 0.125 e. The third-order valence-electron chi connectivity index (χ3n) is 2.53. The molecule has 0 aliphatic carbocycles. The van der Waals surface area contributed by atoms with E-state index in [1.54, 1.807) is 13.2 Å². The molecule has 1 aromatic rings. The fourth-order valence-corrected chi connectivity index (χ4v) is 1.60. The van der Waals surface area contributed by atoms with Crippen LogP contribution >= 0.6 is 0 Å². The summed E-state index contributed by atoms with van der Waals surface area (Å²) in [6.07, 6.45) is -1.46. The highest BCUT2D eigenvalue weighted by atomic mass is 16.5. The molecule has 0 fully saturated rings. The zero-order valence-corrected chi connectivity index (χ0v) is 9.68. The zero-order chi connectivity index (χ0) is 12.1. The summed E-state index contributed by atoms with van der Waals surface area (Å²) < 4.78 is 5.17. The van der Waals surface area contributed by atoms with Gasteiger partial charge in [-0.3, -0.25) is 0 Å². The smallest absolute Gasteiger partial charge is 0.125 e. The van der Waals surface area contributed by atoms with Gasteiger partial charge in [-0.25, -0.2) is 0 Å². The fourth-order valence-electron chi connectivity index (χ4n) is 1.60. The van der Waals surface area contributed by atoms with Gasteiger partial charge in [-0.1, -0.05) is 12.1 Å². The first-order valence-electron chi connectivity index (χ1n) is 5.31. The minimum atomic E-state index is -0.959. The number of hydrogen-bond donors (Lipinski definition) is 3. The maximum atomic E-state index is 9.94. The van der Waals surface area contributed by atoms with Crippen molar-refractivity contribution < 1.29 is 14.9 Å². The molecule has 0 amide bonds. The van der Waals surface area contributed by atoms with Crippen LogP contribution in [0.3, 0.4) is 0 Å². The van der Waals surface area contributed by atoms with E-state index in [-0.39, 0.29) is 0 Å². The average Bonchev–Trinajstić information content (AvgIpc) is 2.28. The molecule has 0 aromatic heterocycles. The van der Waals surface area contributed by atoms with Gasteiger partial charge in [-0.15, -0.1) is 0 Å². The van der Waals surface area contributed by atoms with Crippen molar-refractivity contribution in [1.29, 1.82) is 0 Å². The molecule has 4 heteroatoms. The Morgan fingerprint density at radius 1 is 1.38 bits per heavy atom. The van der Waals surface area contributed by atoms with E-state index >= 15 is 0 Å². The van der Waals surface area contributed by atoms with Gasteiger partial charge in [0, 0.05) is 5.56 Å². The van der Waals surface area contributed by atoms with Gasteiger partial charge in [0.05, 0.1) is 13.2 Å². The van der Waals surface area contributed by atoms with Crippen molar-refractivity contribution in [2.24, 2.45) is 5.73 Å².